The SMILES string of the molecule is CC/C=C\C/C=C\C/C=C\C/C=C\C/C=C\CCCCOCC(COP(=O)(O)OCCN)OC(=O)CCCCCCCCCCC/C=C\CCCCCCCC. The van der Waals surface area contributed by atoms with Crippen LogP contribution in [0.25, 0.3) is 0 Å². The van der Waals surface area contributed by atoms with E-state index in [1.165, 1.54) is 89.9 Å². The first-order chi connectivity index (χ1) is 27.4. The Morgan fingerprint density at radius 3 is 1.52 bits per heavy atom. The second-order valence-corrected chi connectivity index (χ2v) is 16.0. The van der Waals surface area contributed by atoms with Crippen molar-refractivity contribution in [3.05, 3.63) is 72.9 Å². The molecule has 0 heterocycles. The molecule has 0 saturated carbocycles. The molecule has 2 unspecified atom stereocenters. The second-order valence-electron chi connectivity index (χ2n) is 14.5. The Labute approximate surface area is 344 Å². The predicted octanol–water partition coefficient (Wildman–Crippen LogP) is 13.5. The minimum Gasteiger partial charge on any atom is -0.457 e. The Hall–Kier alpha value is -2.06. The largest absolute Gasteiger partial charge is 0.472 e. The van der Waals surface area contributed by atoms with Gasteiger partial charge in [0.15, 0.2) is 0 Å². The molecule has 0 aliphatic rings. The lowest BCUT2D eigenvalue weighted by molar-refractivity contribution is -0.154. The van der Waals surface area contributed by atoms with Crippen LogP contribution in [0.3, 0.4) is 0 Å². The summed E-state index contributed by atoms with van der Waals surface area (Å²) in [6.07, 6.45) is 55.0. The lowest BCUT2D eigenvalue weighted by atomic mass is 10.1. The summed E-state index contributed by atoms with van der Waals surface area (Å²) >= 11 is 0. The molecule has 0 aromatic heterocycles. The zero-order valence-electron chi connectivity index (χ0n) is 35.8. The number of esters is 1. The highest BCUT2D eigenvalue weighted by atomic mass is 31.2. The van der Waals surface area contributed by atoms with E-state index in [-0.39, 0.29) is 32.3 Å². The van der Waals surface area contributed by atoms with E-state index in [1.54, 1.807) is 0 Å². The molecular formula is C47H84NO7P. The van der Waals surface area contributed by atoms with Gasteiger partial charge in [0.25, 0.3) is 0 Å². The first-order valence-electron chi connectivity index (χ1n) is 22.4. The number of phosphoric ester groups is 1. The number of unbranched alkanes of at least 4 members (excludes halogenated alkanes) is 17. The second kappa shape index (κ2) is 44.1. The molecule has 0 radical (unpaired) electrons. The summed E-state index contributed by atoms with van der Waals surface area (Å²) in [4.78, 5) is 22.5. The third-order valence-electron chi connectivity index (χ3n) is 9.11. The van der Waals surface area contributed by atoms with Crippen LogP contribution in [0.5, 0.6) is 0 Å². The van der Waals surface area contributed by atoms with Crippen LogP contribution >= 0.6 is 7.82 Å². The number of carbonyl (C=O) groups is 1. The molecule has 0 aromatic rings. The van der Waals surface area contributed by atoms with E-state index in [0.29, 0.717) is 13.0 Å². The van der Waals surface area contributed by atoms with Crippen LogP contribution in [0.4, 0.5) is 0 Å². The molecule has 0 aliphatic carbocycles. The van der Waals surface area contributed by atoms with Gasteiger partial charge in [0.1, 0.15) is 6.10 Å². The van der Waals surface area contributed by atoms with E-state index in [2.05, 4.69) is 86.8 Å². The van der Waals surface area contributed by atoms with E-state index < -0.39 is 13.9 Å². The predicted molar refractivity (Wildman–Crippen MR) is 238 cm³/mol. The molecule has 3 N–H and O–H groups in total. The molecule has 9 heteroatoms. The number of nitrogens with two attached hydrogens (primary N) is 1. The summed E-state index contributed by atoms with van der Waals surface area (Å²) in [5.74, 6) is -0.350. The summed E-state index contributed by atoms with van der Waals surface area (Å²) < 4.78 is 33.4. The molecule has 0 fully saturated rings. The zero-order valence-corrected chi connectivity index (χ0v) is 36.7. The van der Waals surface area contributed by atoms with Crippen LogP contribution in [0.15, 0.2) is 72.9 Å². The Kier molecular flexibility index (Phi) is 42.4. The number of hydrogen-bond donors (Lipinski definition) is 2. The minimum atomic E-state index is -4.29. The normalized spacial score (nSPS) is 14.1. The highest BCUT2D eigenvalue weighted by Crippen LogP contribution is 2.43. The van der Waals surface area contributed by atoms with Crippen molar-refractivity contribution >= 4 is 13.8 Å². The summed E-state index contributed by atoms with van der Waals surface area (Å²) in [7, 11) is -4.29. The van der Waals surface area contributed by atoms with E-state index in [1.807, 2.05) is 0 Å². The quantitative estimate of drug-likeness (QED) is 0.0271. The Bertz CT molecular complexity index is 1080. The molecule has 0 amide bonds. The van der Waals surface area contributed by atoms with Crippen molar-refractivity contribution < 1.29 is 32.8 Å². The molecule has 56 heavy (non-hydrogen) atoms. The standard InChI is InChI=1S/C47H84NO7P/c1-3-5-7-9-11-13-15-17-19-21-23-24-26-28-30-32-34-36-38-40-47(49)55-46(45-54-56(50,51)53-43-41-48)44-52-42-39-37-35-33-31-29-27-25-22-20-18-16-14-12-10-8-6-4-2/h6,8,12,14,17-20,25,27,31,33,46H,3-5,7,9-11,13,15-16,21-24,26,28-30,32,34-45,48H2,1-2H3,(H,50,51)/b8-6-,14-12-,19-17-,20-18-,27-25-,33-31-. The van der Waals surface area contributed by atoms with Crippen molar-refractivity contribution in [3.8, 4) is 0 Å². The van der Waals surface area contributed by atoms with E-state index in [4.69, 9.17) is 24.3 Å². The average Bonchev–Trinajstić information content (AvgIpc) is 3.19. The van der Waals surface area contributed by atoms with Gasteiger partial charge in [0.05, 0.1) is 19.8 Å². The molecule has 0 spiro atoms. The van der Waals surface area contributed by atoms with Gasteiger partial charge in [-0.25, -0.2) is 4.57 Å². The number of rotatable bonds is 42. The minimum absolute atomic E-state index is 0.0831. The summed E-state index contributed by atoms with van der Waals surface area (Å²) in [6.45, 7) is 4.68. The Balaban J connectivity index is 4.10. The van der Waals surface area contributed by atoms with Crippen LogP contribution in [0.2, 0.25) is 0 Å². The third-order valence-corrected chi connectivity index (χ3v) is 10.1. The van der Waals surface area contributed by atoms with Gasteiger partial charge in [-0.3, -0.25) is 13.8 Å². The number of carbonyl (C=O) groups excluding carboxylic acids is 1. The van der Waals surface area contributed by atoms with Crippen LogP contribution in [0, 0.1) is 0 Å². The maximum Gasteiger partial charge on any atom is 0.472 e. The molecule has 8 nitrogen and oxygen atoms in total. The lowest BCUT2D eigenvalue weighted by Crippen LogP contribution is -2.28. The average molecular weight is 806 g/mol. The van der Waals surface area contributed by atoms with E-state index in [0.717, 1.165) is 70.6 Å². The van der Waals surface area contributed by atoms with Crippen molar-refractivity contribution in [3.63, 3.8) is 0 Å². The first-order valence-corrected chi connectivity index (χ1v) is 23.9. The molecule has 2 atom stereocenters. The molecule has 0 rings (SSSR count). The number of ether oxygens (including phenoxy) is 2. The van der Waals surface area contributed by atoms with E-state index >= 15 is 0 Å². The van der Waals surface area contributed by atoms with Crippen molar-refractivity contribution in [2.24, 2.45) is 5.73 Å². The van der Waals surface area contributed by atoms with Crippen molar-refractivity contribution in [2.75, 3.05) is 33.0 Å². The van der Waals surface area contributed by atoms with Gasteiger partial charge >= 0.3 is 13.8 Å². The zero-order chi connectivity index (χ0) is 40.9. The van der Waals surface area contributed by atoms with Gasteiger partial charge in [0, 0.05) is 19.6 Å². The molecule has 0 aliphatic heterocycles. The van der Waals surface area contributed by atoms with Crippen LogP contribution in [-0.4, -0.2) is 49.9 Å². The van der Waals surface area contributed by atoms with Gasteiger partial charge in [-0.15, -0.1) is 0 Å². The highest BCUT2D eigenvalue weighted by Gasteiger charge is 2.25. The number of allylic oxidation sites excluding steroid dienone is 12. The molecular weight excluding hydrogens is 721 g/mol. The van der Waals surface area contributed by atoms with Gasteiger partial charge in [0.2, 0.25) is 0 Å². The van der Waals surface area contributed by atoms with Gasteiger partial charge in [-0.2, -0.15) is 0 Å². The van der Waals surface area contributed by atoms with Gasteiger partial charge in [-0.1, -0.05) is 164 Å². The summed E-state index contributed by atoms with van der Waals surface area (Å²) in [6, 6.07) is 0. The Morgan fingerprint density at radius 2 is 1.00 bits per heavy atom. The molecule has 0 saturated heterocycles. The van der Waals surface area contributed by atoms with E-state index in [9.17, 15) is 14.3 Å². The molecule has 0 bridgehead atoms. The fourth-order valence-electron chi connectivity index (χ4n) is 5.84. The van der Waals surface area contributed by atoms with Crippen LogP contribution in [0.1, 0.15) is 181 Å². The van der Waals surface area contributed by atoms with Gasteiger partial charge < -0.3 is 20.1 Å². The summed E-state index contributed by atoms with van der Waals surface area (Å²) in [5, 5.41) is 0. The first kappa shape index (κ1) is 53.9. The third kappa shape index (κ3) is 43.1. The highest BCUT2D eigenvalue weighted by molar-refractivity contribution is 7.47. The fourth-order valence-corrected chi connectivity index (χ4v) is 6.61. The molecule has 0 aromatic carbocycles. The Morgan fingerprint density at radius 1 is 0.554 bits per heavy atom. The topological polar surface area (TPSA) is 117 Å². The van der Waals surface area contributed by atoms with Gasteiger partial charge in [-0.05, 0) is 83.5 Å². The van der Waals surface area contributed by atoms with Crippen molar-refractivity contribution in [1.82, 2.24) is 0 Å². The number of phosphoric acid groups is 1. The maximum atomic E-state index is 12.6. The molecule has 324 valence electrons. The monoisotopic (exact) mass is 806 g/mol. The van der Waals surface area contributed by atoms with Crippen molar-refractivity contribution in [2.45, 2.75) is 187 Å². The number of hydrogen-bond acceptors (Lipinski definition) is 7. The van der Waals surface area contributed by atoms with Crippen molar-refractivity contribution in [1.29, 1.82) is 0 Å². The maximum absolute atomic E-state index is 12.6. The van der Waals surface area contributed by atoms with Crippen LogP contribution < -0.4 is 5.73 Å². The van der Waals surface area contributed by atoms with Crippen LogP contribution in [-0.2, 0) is 27.9 Å². The summed E-state index contributed by atoms with van der Waals surface area (Å²) in [5.41, 5.74) is 5.37. The smallest absolute Gasteiger partial charge is 0.457 e. The lowest BCUT2D eigenvalue weighted by Gasteiger charge is -2.20. The fraction of sp³-hybridized carbons (Fsp3) is 0.723.